The third-order valence-corrected chi connectivity index (χ3v) is 8.17. The van der Waals surface area contributed by atoms with Crippen LogP contribution in [0.3, 0.4) is 0 Å². The van der Waals surface area contributed by atoms with E-state index in [0.29, 0.717) is 11.1 Å². The fraction of sp³-hybridized carbons (Fsp3) is 0.0500. The Morgan fingerprint density at radius 1 is 0.886 bits per heavy atom. The molecule has 0 amide bonds. The summed E-state index contributed by atoms with van der Waals surface area (Å²) in [4.78, 5) is 40.3. The number of hydrogen-bond acceptors (Lipinski definition) is 8. The molecule has 2 heterocycles. The molecule has 0 radical (unpaired) electrons. The van der Waals surface area contributed by atoms with Gasteiger partial charge < -0.3 is 28.9 Å². The second-order valence-electron chi connectivity index (χ2n) is 7.43. The van der Waals surface area contributed by atoms with E-state index in [1.807, 2.05) is 0 Å². The van der Waals surface area contributed by atoms with E-state index in [2.05, 4.69) is 4.31 Å². The molecular formula is C20H12Cl2O11P2. The Kier molecular flexibility index (Phi) is 5.49. The Morgan fingerprint density at radius 3 is 2.20 bits per heavy atom. The van der Waals surface area contributed by atoms with E-state index in [-0.39, 0.29) is 44.2 Å². The number of aromatic hydroxyl groups is 1. The molecule has 1 spiro atoms. The first-order valence-corrected chi connectivity index (χ1v) is 13.3. The summed E-state index contributed by atoms with van der Waals surface area (Å²) in [5.74, 6) is -1.23. The molecule has 0 fully saturated rings. The monoisotopic (exact) mass is 560 g/mol. The lowest BCUT2D eigenvalue weighted by Crippen LogP contribution is -2.32. The highest BCUT2D eigenvalue weighted by atomic mass is 35.5. The van der Waals surface area contributed by atoms with Crippen LogP contribution in [-0.2, 0) is 23.8 Å². The zero-order chi connectivity index (χ0) is 25.3. The molecule has 0 saturated heterocycles. The van der Waals surface area contributed by atoms with E-state index in [9.17, 15) is 23.9 Å². The molecule has 2 unspecified atom stereocenters. The van der Waals surface area contributed by atoms with Crippen molar-refractivity contribution in [1.82, 2.24) is 0 Å². The second kappa shape index (κ2) is 7.96. The topological polar surface area (TPSA) is 169 Å². The number of hydrogen-bond donors (Lipinski definition) is 4. The van der Waals surface area contributed by atoms with Crippen molar-refractivity contribution in [2.45, 2.75) is 5.60 Å². The van der Waals surface area contributed by atoms with Crippen LogP contribution in [0.1, 0.15) is 27.0 Å². The second-order valence-corrected chi connectivity index (χ2v) is 11.0. The fourth-order valence-corrected chi connectivity index (χ4v) is 6.05. The lowest BCUT2D eigenvalue weighted by atomic mass is 9.77. The van der Waals surface area contributed by atoms with Gasteiger partial charge in [0, 0.05) is 28.8 Å². The number of ether oxygens (including phenoxy) is 2. The molecule has 3 aromatic carbocycles. The van der Waals surface area contributed by atoms with Crippen LogP contribution in [-0.4, -0.2) is 25.8 Å². The van der Waals surface area contributed by atoms with Gasteiger partial charge in [0.25, 0.3) is 0 Å². The fourth-order valence-electron chi connectivity index (χ4n) is 4.06. The number of carbonyl (C=O) groups is 1. The van der Waals surface area contributed by atoms with Gasteiger partial charge in [-0.1, -0.05) is 29.3 Å². The van der Waals surface area contributed by atoms with Gasteiger partial charge in [-0.3, -0.25) is 4.89 Å². The number of benzene rings is 3. The van der Waals surface area contributed by atoms with Crippen LogP contribution >= 0.6 is 38.8 Å². The molecule has 182 valence electrons. The summed E-state index contributed by atoms with van der Waals surface area (Å²) in [6.07, 6.45) is 0. The number of esters is 1. The summed E-state index contributed by atoms with van der Waals surface area (Å²) < 4.78 is 43.2. The molecular weight excluding hydrogens is 549 g/mol. The third kappa shape index (κ3) is 4.00. The maximum Gasteiger partial charge on any atom is 0.536 e. The predicted molar refractivity (Wildman–Crippen MR) is 120 cm³/mol. The molecule has 2 atom stereocenters. The number of phosphoric acid groups is 2. The minimum absolute atomic E-state index is 0.0184. The molecule has 5 rings (SSSR count). The molecule has 35 heavy (non-hydrogen) atoms. The largest absolute Gasteiger partial charge is 0.536 e. The van der Waals surface area contributed by atoms with Gasteiger partial charge >= 0.3 is 21.6 Å². The van der Waals surface area contributed by atoms with Gasteiger partial charge in [0.1, 0.15) is 23.0 Å². The van der Waals surface area contributed by atoms with E-state index in [4.69, 9.17) is 47.0 Å². The zero-order valence-electron chi connectivity index (χ0n) is 16.9. The van der Waals surface area contributed by atoms with Gasteiger partial charge in [-0.2, -0.15) is 4.31 Å². The lowest BCUT2D eigenvalue weighted by molar-refractivity contribution is 0.0224. The van der Waals surface area contributed by atoms with Crippen molar-refractivity contribution in [3.05, 3.63) is 80.8 Å². The molecule has 2 aliphatic rings. The first kappa shape index (κ1) is 24.1. The number of fused-ring (bicyclic) bond motifs is 6. The molecule has 0 aromatic heterocycles. The van der Waals surface area contributed by atoms with Crippen LogP contribution < -0.4 is 9.26 Å². The maximum atomic E-state index is 12.9. The quantitative estimate of drug-likeness (QED) is 0.254. The van der Waals surface area contributed by atoms with E-state index in [1.54, 1.807) is 6.07 Å². The standard InChI is InChI=1S/C20H12Cl2O11P2/c21-14-6-5-13-17(18(14)22)19(24)31-20(13)11-3-1-9(23)7-15(11)30-16-8-10(2-4-12(16)20)32-35(28,29)33-34(25,26)27/h1-8,23H,(H,28,29)(H2,25,26,27). The average Bonchev–Trinajstić information content (AvgIpc) is 3.01. The summed E-state index contributed by atoms with van der Waals surface area (Å²) >= 11 is 12.4. The molecule has 3 aromatic rings. The van der Waals surface area contributed by atoms with Crippen LogP contribution in [0.25, 0.3) is 0 Å². The van der Waals surface area contributed by atoms with Crippen molar-refractivity contribution < 1.29 is 52.0 Å². The van der Waals surface area contributed by atoms with Crippen LogP contribution in [0.2, 0.25) is 10.0 Å². The van der Waals surface area contributed by atoms with Crippen molar-refractivity contribution in [2.75, 3.05) is 0 Å². The van der Waals surface area contributed by atoms with Crippen LogP contribution in [0.4, 0.5) is 0 Å². The number of phenolic OH excluding ortho intramolecular Hbond substituents is 1. The maximum absolute atomic E-state index is 12.9. The van der Waals surface area contributed by atoms with Crippen molar-refractivity contribution in [2.24, 2.45) is 0 Å². The van der Waals surface area contributed by atoms with E-state index in [1.165, 1.54) is 36.4 Å². The number of phosphoric ester groups is 1. The molecule has 0 saturated carbocycles. The van der Waals surface area contributed by atoms with E-state index >= 15 is 0 Å². The normalized spacial score (nSPS) is 19.7. The zero-order valence-corrected chi connectivity index (χ0v) is 20.2. The highest BCUT2D eigenvalue weighted by Crippen LogP contribution is 2.60. The summed E-state index contributed by atoms with van der Waals surface area (Å²) in [5.41, 5.74) is -0.626. The summed E-state index contributed by atoms with van der Waals surface area (Å²) in [6, 6.07) is 10.9. The smallest absolute Gasteiger partial charge is 0.508 e. The third-order valence-electron chi connectivity index (χ3n) is 5.25. The molecule has 0 aliphatic carbocycles. The van der Waals surface area contributed by atoms with Gasteiger partial charge in [-0.05, 0) is 30.3 Å². The Balaban J connectivity index is 1.70. The Labute approximate surface area is 206 Å². The summed E-state index contributed by atoms with van der Waals surface area (Å²) in [5, 5.41) is 10.1. The van der Waals surface area contributed by atoms with Gasteiger partial charge in [0.05, 0.1) is 15.6 Å². The predicted octanol–water partition coefficient (Wildman–Crippen LogP) is 4.86. The SMILES string of the molecule is O=C1OC2(c3ccc(O)cc3Oc3cc(OP(=O)(O)OP(=O)(O)O)ccc32)c2ccc(Cl)c(Cl)c21. The average molecular weight is 561 g/mol. The van der Waals surface area contributed by atoms with Gasteiger partial charge in [-0.25, -0.2) is 13.9 Å². The highest BCUT2D eigenvalue weighted by Gasteiger charge is 2.54. The highest BCUT2D eigenvalue weighted by molar-refractivity contribution is 7.60. The molecule has 0 bridgehead atoms. The molecule has 4 N–H and O–H groups in total. The van der Waals surface area contributed by atoms with Crippen LogP contribution in [0, 0.1) is 0 Å². The summed E-state index contributed by atoms with van der Waals surface area (Å²) in [7, 11) is -10.6. The minimum atomic E-state index is -5.35. The Bertz CT molecular complexity index is 1520. The molecule has 2 aliphatic heterocycles. The van der Waals surface area contributed by atoms with Crippen molar-refractivity contribution >= 4 is 44.8 Å². The van der Waals surface area contributed by atoms with E-state index < -0.39 is 27.2 Å². The van der Waals surface area contributed by atoms with Gasteiger partial charge in [0.15, 0.2) is 5.60 Å². The molecule has 15 heteroatoms. The number of rotatable bonds is 4. The van der Waals surface area contributed by atoms with Crippen molar-refractivity contribution in [1.29, 1.82) is 0 Å². The van der Waals surface area contributed by atoms with Crippen molar-refractivity contribution in [3.63, 3.8) is 0 Å². The van der Waals surface area contributed by atoms with Crippen LogP contribution in [0.15, 0.2) is 48.5 Å². The Hall–Kier alpha value is -2.59. The Morgan fingerprint density at radius 2 is 1.51 bits per heavy atom. The first-order chi connectivity index (χ1) is 16.3. The number of halogens is 2. The minimum Gasteiger partial charge on any atom is -0.508 e. The van der Waals surface area contributed by atoms with Crippen molar-refractivity contribution in [3.8, 4) is 23.0 Å². The number of carbonyl (C=O) groups excluding carboxylic acids is 1. The summed E-state index contributed by atoms with van der Waals surface area (Å²) in [6.45, 7) is 0. The van der Waals surface area contributed by atoms with Gasteiger partial charge in [0.2, 0.25) is 0 Å². The number of phenols is 1. The lowest BCUT2D eigenvalue weighted by Gasteiger charge is -2.36. The van der Waals surface area contributed by atoms with E-state index in [0.717, 1.165) is 6.07 Å². The van der Waals surface area contributed by atoms with Crippen LogP contribution in [0.5, 0.6) is 23.0 Å². The first-order valence-electron chi connectivity index (χ1n) is 9.48. The van der Waals surface area contributed by atoms with Gasteiger partial charge in [-0.15, -0.1) is 0 Å². The molecule has 11 nitrogen and oxygen atoms in total.